The van der Waals surface area contributed by atoms with Gasteiger partial charge in [-0.05, 0) is 55.2 Å². The molecule has 0 saturated carbocycles. The average Bonchev–Trinajstić information content (AvgIpc) is 2.75. The molecule has 2 aromatic carbocycles. The molecule has 0 radical (unpaired) electrons. The number of rotatable bonds is 6. The van der Waals surface area contributed by atoms with Crippen molar-refractivity contribution in [3.63, 3.8) is 0 Å². The number of hydrogen-bond donors (Lipinski definition) is 1. The van der Waals surface area contributed by atoms with Crippen LogP contribution in [0.2, 0.25) is 0 Å². The molecular formula is C25H27N3O3. The summed E-state index contributed by atoms with van der Waals surface area (Å²) in [7, 11) is 3.36. The summed E-state index contributed by atoms with van der Waals surface area (Å²) in [6, 6.07) is 16.8. The van der Waals surface area contributed by atoms with Crippen molar-refractivity contribution in [2.45, 2.75) is 26.8 Å². The van der Waals surface area contributed by atoms with E-state index in [0.29, 0.717) is 35.3 Å². The highest BCUT2D eigenvalue weighted by Gasteiger charge is 2.19. The largest absolute Gasteiger partial charge is 0.345 e. The summed E-state index contributed by atoms with van der Waals surface area (Å²) in [5, 5.41) is 2.82. The Hall–Kier alpha value is -3.67. The summed E-state index contributed by atoms with van der Waals surface area (Å²) in [5.74, 6) is -0.623. The third kappa shape index (κ3) is 4.91. The van der Waals surface area contributed by atoms with Gasteiger partial charge in [-0.25, -0.2) is 0 Å². The molecule has 0 aliphatic rings. The van der Waals surface area contributed by atoms with E-state index in [0.717, 1.165) is 5.56 Å². The Balaban J connectivity index is 1.86. The SMILES string of the molecule is Cc1ccn(CCc2ccccc2)c(=O)c1C(=O)Nc1cccc(C(=O)N(C)C)c1C. The molecule has 0 aliphatic heterocycles. The summed E-state index contributed by atoms with van der Waals surface area (Å²) >= 11 is 0. The van der Waals surface area contributed by atoms with Crippen LogP contribution in [0, 0.1) is 13.8 Å². The molecule has 1 aromatic heterocycles. The van der Waals surface area contributed by atoms with Gasteiger partial charge in [0.05, 0.1) is 0 Å². The topological polar surface area (TPSA) is 71.4 Å². The van der Waals surface area contributed by atoms with Crippen LogP contribution in [0.4, 0.5) is 5.69 Å². The highest BCUT2D eigenvalue weighted by Crippen LogP contribution is 2.21. The van der Waals surface area contributed by atoms with E-state index in [1.165, 1.54) is 4.90 Å². The van der Waals surface area contributed by atoms with Crippen LogP contribution in [-0.4, -0.2) is 35.4 Å². The van der Waals surface area contributed by atoms with Crippen molar-refractivity contribution < 1.29 is 9.59 Å². The summed E-state index contributed by atoms with van der Waals surface area (Å²) in [6.07, 6.45) is 2.41. The zero-order valence-electron chi connectivity index (χ0n) is 18.3. The molecule has 0 unspecified atom stereocenters. The second-order valence-corrected chi connectivity index (χ2v) is 7.74. The second kappa shape index (κ2) is 9.43. The number of nitrogens with one attached hydrogen (secondary N) is 1. The number of aromatic nitrogens is 1. The molecule has 0 aliphatic carbocycles. The van der Waals surface area contributed by atoms with Crippen molar-refractivity contribution >= 4 is 17.5 Å². The third-order valence-corrected chi connectivity index (χ3v) is 5.30. The maximum Gasteiger partial charge on any atom is 0.263 e. The highest BCUT2D eigenvalue weighted by molar-refractivity contribution is 6.06. The van der Waals surface area contributed by atoms with Gasteiger partial charge >= 0.3 is 0 Å². The number of benzene rings is 2. The zero-order chi connectivity index (χ0) is 22.5. The van der Waals surface area contributed by atoms with Crippen LogP contribution >= 0.6 is 0 Å². The first-order valence-electron chi connectivity index (χ1n) is 10.2. The van der Waals surface area contributed by atoms with Gasteiger partial charge in [0.1, 0.15) is 5.56 Å². The number of anilines is 1. The van der Waals surface area contributed by atoms with Gasteiger partial charge in [-0.1, -0.05) is 36.4 Å². The van der Waals surface area contributed by atoms with Crippen LogP contribution in [0.1, 0.15) is 37.4 Å². The van der Waals surface area contributed by atoms with Crippen LogP contribution in [-0.2, 0) is 13.0 Å². The summed E-state index contributed by atoms with van der Waals surface area (Å²) in [4.78, 5) is 39.9. The molecule has 6 heteroatoms. The van der Waals surface area contributed by atoms with Crippen molar-refractivity contribution in [1.82, 2.24) is 9.47 Å². The van der Waals surface area contributed by atoms with Crippen molar-refractivity contribution in [3.8, 4) is 0 Å². The van der Waals surface area contributed by atoms with E-state index in [4.69, 9.17) is 0 Å². The molecule has 6 nitrogen and oxygen atoms in total. The number of amides is 2. The lowest BCUT2D eigenvalue weighted by molar-refractivity contribution is 0.0826. The fourth-order valence-corrected chi connectivity index (χ4v) is 3.44. The zero-order valence-corrected chi connectivity index (χ0v) is 18.3. The van der Waals surface area contributed by atoms with Gasteiger partial charge < -0.3 is 14.8 Å². The maximum atomic E-state index is 13.0. The number of aryl methyl sites for hydroxylation is 3. The molecule has 0 saturated heterocycles. The number of carbonyl (C=O) groups excluding carboxylic acids is 2. The Morgan fingerprint density at radius 1 is 0.968 bits per heavy atom. The Morgan fingerprint density at radius 2 is 1.68 bits per heavy atom. The highest BCUT2D eigenvalue weighted by atomic mass is 16.2. The Bertz CT molecular complexity index is 1160. The fourth-order valence-electron chi connectivity index (χ4n) is 3.44. The number of carbonyl (C=O) groups is 2. The number of hydrogen-bond acceptors (Lipinski definition) is 3. The molecule has 160 valence electrons. The van der Waals surface area contributed by atoms with Crippen LogP contribution < -0.4 is 10.9 Å². The predicted octanol–water partition coefficient (Wildman–Crippen LogP) is 3.66. The van der Waals surface area contributed by atoms with Gasteiger partial charge in [0.25, 0.3) is 17.4 Å². The molecule has 0 spiro atoms. The summed E-state index contributed by atoms with van der Waals surface area (Å²) in [6.45, 7) is 4.01. The standard InChI is InChI=1S/C25H27N3O3/c1-17-13-15-28(16-14-19-9-6-5-7-10-19)25(31)22(17)23(29)26-21-12-8-11-20(18(21)2)24(30)27(3)4/h5-13,15H,14,16H2,1-4H3,(H,26,29). The van der Waals surface area contributed by atoms with Gasteiger partial charge in [-0.3, -0.25) is 14.4 Å². The second-order valence-electron chi connectivity index (χ2n) is 7.74. The number of pyridine rings is 1. The normalized spacial score (nSPS) is 10.6. The van der Waals surface area contributed by atoms with E-state index < -0.39 is 5.91 Å². The molecular weight excluding hydrogens is 390 g/mol. The Morgan fingerprint density at radius 3 is 2.35 bits per heavy atom. The van der Waals surface area contributed by atoms with E-state index in [9.17, 15) is 14.4 Å². The molecule has 1 heterocycles. The van der Waals surface area contributed by atoms with Crippen molar-refractivity contribution in [3.05, 3.63) is 99.0 Å². The lowest BCUT2D eigenvalue weighted by Gasteiger charge is -2.16. The average molecular weight is 418 g/mol. The van der Waals surface area contributed by atoms with Crippen LogP contribution in [0.5, 0.6) is 0 Å². The van der Waals surface area contributed by atoms with Gasteiger partial charge in [-0.15, -0.1) is 0 Å². The van der Waals surface area contributed by atoms with Crippen molar-refractivity contribution in [2.24, 2.45) is 0 Å². The molecule has 3 aromatic rings. The maximum absolute atomic E-state index is 13.0. The summed E-state index contributed by atoms with van der Waals surface area (Å²) in [5.41, 5.74) is 3.19. The fraction of sp³-hybridized carbons (Fsp3) is 0.240. The van der Waals surface area contributed by atoms with Crippen molar-refractivity contribution in [1.29, 1.82) is 0 Å². The lowest BCUT2D eigenvalue weighted by atomic mass is 10.0. The molecule has 1 N–H and O–H groups in total. The van der Waals surface area contributed by atoms with Gasteiger partial charge in [0.15, 0.2) is 0 Å². The van der Waals surface area contributed by atoms with E-state index in [1.54, 1.807) is 63.0 Å². The Kier molecular flexibility index (Phi) is 6.70. The molecule has 2 amide bonds. The van der Waals surface area contributed by atoms with Gasteiger partial charge in [-0.2, -0.15) is 0 Å². The minimum absolute atomic E-state index is 0.110. The van der Waals surface area contributed by atoms with E-state index in [1.807, 2.05) is 30.3 Å². The van der Waals surface area contributed by atoms with Crippen LogP contribution in [0.3, 0.4) is 0 Å². The number of nitrogens with zero attached hydrogens (tertiary/aromatic N) is 2. The van der Waals surface area contributed by atoms with E-state index in [2.05, 4.69) is 5.32 Å². The van der Waals surface area contributed by atoms with E-state index in [-0.39, 0.29) is 17.0 Å². The molecule has 0 atom stereocenters. The first-order chi connectivity index (χ1) is 14.8. The van der Waals surface area contributed by atoms with E-state index >= 15 is 0 Å². The minimum Gasteiger partial charge on any atom is -0.345 e. The van der Waals surface area contributed by atoms with Crippen LogP contribution in [0.25, 0.3) is 0 Å². The lowest BCUT2D eigenvalue weighted by Crippen LogP contribution is -2.31. The van der Waals surface area contributed by atoms with Gasteiger partial charge in [0.2, 0.25) is 0 Å². The third-order valence-electron chi connectivity index (χ3n) is 5.30. The first kappa shape index (κ1) is 22.0. The quantitative estimate of drug-likeness (QED) is 0.665. The predicted molar refractivity (Wildman–Crippen MR) is 123 cm³/mol. The smallest absolute Gasteiger partial charge is 0.263 e. The molecule has 0 bridgehead atoms. The van der Waals surface area contributed by atoms with Crippen LogP contribution in [0.15, 0.2) is 65.6 Å². The summed E-state index contributed by atoms with van der Waals surface area (Å²) < 4.78 is 1.56. The Labute approximate surface area is 182 Å². The monoisotopic (exact) mass is 417 g/mol. The molecule has 31 heavy (non-hydrogen) atoms. The van der Waals surface area contributed by atoms with Crippen molar-refractivity contribution in [2.75, 3.05) is 19.4 Å². The minimum atomic E-state index is -0.478. The first-order valence-corrected chi connectivity index (χ1v) is 10.2. The molecule has 3 rings (SSSR count). The van der Waals surface area contributed by atoms with Gasteiger partial charge in [0, 0.05) is 38.1 Å². The molecule has 0 fully saturated rings.